The number of aliphatic hydroxyl groups is 1. The number of urea groups is 1. The fourth-order valence-corrected chi connectivity index (χ4v) is 2.34. The van der Waals surface area contributed by atoms with Crippen LogP contribution in [0.4, 0.5) is 4.79 Å². The molecule has 0 bridgehead atoms. The van der Waals surface area contributed by atoms with Crippen LogP contribution in [-0.2, 0) is 4.79 Å². The molecule has 19 heavy (non-hydrogen) atoms. The minimum Gasteiger partial charge on any atom is -0.480 e. The van der Waals surface area contributed by atoms with Crippen molar-refractivity contribution in [1.82, 2.24) is 15.1 Å². The number of carboxylic acid groups (broad SMARTS) is 1. The van der Waals surface area contributed by atoms with E-state index in [1.54, 1.807) is 4.90 Å². The lowest BCUT2D eigenvalue weighted by Gasteiger charge is -2.24. The topological polar surface area (TPSA) is 93.1 Å². The Morgan fingerprint density at radius 1 is 1.16 bits per heavy atom. The summed E-state index contributed by atoms with van der Waals surface area (Å²) in [6, 6.07) is -0.286. The van der Waals surface area contributed by atoms with Gasteiger partial charge in [-0.3, -0.25) is 4.90 Å². The van der Waals surface area contributed by atoms with Gasteiger partial charge in [0.05, 0.1) is 6.61 Å². The standard InChI is InChI=1S/C12H21N3O4/c16-9-8-14-4-1-5-15(7-6-14)11(19)13-12(2-3-12)10(17)18/h16H,1-9H2,(H,13,19)(H,17,18). The van der Waals surface area contributed by atoms with Crippen molar-refractivity contribution in [3.05, 3.63) is 0 Å². The van der Waals surface area contributed by atoms with Crippen molar-refractivity contribution in [3.63, 3.8) is 0 Å². The van der Waals surface area contributed by atoms with Crippen LogP contribution in [0.3, 0.4) is 0 Å². The van der Waals surface area contributed by atoms with E-state index in [0.717, 1.165) is 13.0 Å². The summed E-state index contributed by atoms with van der Waals surface area (Å²) >= 11 is 0. The number of carboxylic acids is 1. The normalized spacial score (nSPS) is 22.7. The molecule has 2 rings (SSSR count). The largest absolute Gasteiger partial charge is 0.480 e. The molecule has 2 aliphatic rings. The highest BCUT2D eigenvalue weighted by Gasteiger charge is 2.52. The maximum absolute atomic E-state index is 12.1. The number of hydrogen-bond acceptors (Lipinski definition) is 4. The van der Waals surface area contributed by atoms with Crippen LogP contribution in [0.15, 0.2) is 0 Å². The summed E-state index contributed by atoms with van der Waals surface area (Å²) in [5, 5.41) is 20.6. The van der Waals surface area contributed by atoms with Crippen LogP contribution in [0.5, 0.6) is 0 Å². The van der Waals surface area contributed by atoms with E-state index in [4.69, 9.17) is 10.2 Å². The van der Waals surface area contributed by atoms with Gasteiger partial charge in [0.15, 0.2) is 0 Å². The molecule has 1 aliphatic carbocycles. The van der Waals surface area contributed by atoms with Gasteiger partial charge in [0.25, 0.3) is 0 Å². The third-order valence-electron chi connectivity index (χ3n) is 3.80. The zero-order valence-electron chi connectivity index (χ0n) is 11.0. The number of nitrogens with zero attached hydrogens (tertiary/aromatic N) is 2. The quantitative estimate of drug-likeness (QED) is 0.629. The second kappa shape index (κ2) is 5.75. The first-order valence-corrected chi connectivity index (χ1v) is 6.71. The van der Waals surface area contributed by atoms with Crippen LogP contribution < -0.4 is 5.32 Å². The Morgan fingerprint density at radius 3 is 2.47 bits per heavy atom. The highest BCUT2D eigenvalue weighted by atomic mass is 16.4. The monoisotopic (exact) mass is 271 g/mol. The number of hydrogen-bond donors (Lipinski definition) is 3. The van der Waals surface area contributed by atoms with Crippen LogP contribution >= 0.6 is 0 Å². The number of amides is 2. The molecule has 7 nitrogen and oxygen atoms in total. The zero-order chi connectivity index (χ0) is 13.9. The van der Waals surface area contributed by atoms with Gasteiger partial charge in [-0.15, -0.1) is 0 Å². The molecule has 7 heteroatoms. The molecule has 0 unspecified atom stereocenters. The molecule has 108 valence electrons. The lowest BCUT2D eigenvalue weighted by atomic mass is 10.3. The van der Waals surface area contributed by atoms with Crippen molar-refractivity contribution < 1.29 is 19.8 Å². The summed E-state index contributed by atoms with van der Waals surface area (Å²) < 4.78 is 0. The average Bonchev–Trinajstić information content (AvgIpc) is 3.14. The molecular formula is C12H21N3O4. The molecule has 1 saturated heterocycles. The fraction of sp³-hybridized carbons (Fsp3) is 0.833. The maximum atomic E-state index is 12.1. The SMILES string of the molecule is O=C(NC1(C(=O)O)CC1)N1CCCN(CCO)CC1. The molecule has 3 N–H and O–H groups in total. The second-order valence-electron chi connectivity index (χ2n) is 5.22. The van der Waals surface area contributed by atoms with Crippen molar-refractivity contribution in [2.45, 2.75) is 24.8 Å². The van der Waals surface area contributed by atoms with Crippen molar-refractivity contribution in [2.24, 2.45) is 0 Å². The van der Waals surface area contributed by atoms with E-state index < -0.39 is 11.5 Å². The summed E-state index contributed by atoms with van der Waals surface area (Å²) in [6.45, 7) is 3.51. The number of nitrogens with one attached hydrogen (secondary N) is 1. The first-order chi connectivity index (χ1) is 9.07. The van der Waals surface area contributed by atoms with E-state index in [1.807, 2.05) is 0 Å². The predicted molar refractivity (Wildman–Crippen MR) is 67.8 cm³/mol. The molecule has 0 aromatic heterocycles. The van der Waals surface area contributed by atoms with Gasteiger partial charge in [-0.25, -0.2) is 9.59 Å². The fourth-order valence-electron chi connectivity index (χ4n) is 2.34. The molecule has 0 radical (unpaired) electrons. The van der Waals surface area contributed by atoms with Gasteiger partial charge in [-0.2, -0.15) is 0 Å². The molecule has 0 atom stereocenters. The summed E-state index contributed by atoms with van der Waals surface area (Å²) in [4.78, 5) is 26.9. The Bertz CT molecular complexity index is 357. The van der Waals surface area contributed by atoms with Gasteiger partial charge in [0.1, 0.15) is 5.54 Å². The first-order valence-electron chi connectivity index (χ1n) is 6.71. The Morgan fingerprint density at radius 2 is 1.89 bits per heavy atom. The van der Waals surface area contributed by atoms with E-state index >= 15 is 0 Å². The molecular weight excluding hydrogens is 250 g/mol. The average molecular weight is 271 g/mol. The number of carbonyl (C=O) groups is 2. The number of carbonyl (C=O) groups excluding carboxylic acids is 1. The molecule has 1 saturated carbocycles. The van der Waals surface area contributed by atoms with Gasteiger partial charge >= 0.3 is 12.0 Å². The van der Waals surface area contributed by atoms with Crippen molar-refractivity contribution in [2.75, 3.05) is 39.3 Å². The van der Waals surface area contributed by atoms with Crippen LogP contribution in [-0.4, -0.2) is 76.9 Å². The molecule has 2 amide bonds. The highest BCUT2D eigenvalue weighted by Crippen LogP contribution is 2.35. The van der Waals surface area contributed by atoms with Crippen LogP contribution in [0.2, 0.25) is 0 Å². The number of aliphatic hydroxyl groups excluding tert-OH is 1. The Kier molecular flexibility index (Phi) is 4.26. The Hall–Kier alpha value is -1.34. The summed E-state index contributed by atoms with van der Waals surface area (Å²) in [6.07, 6.45) is 1.87. The summed E-state index contributed by atoms with van der Waals surface area (Å²) in [5.41, 5.74) is -1.02. The van der Waals surface area contributed by atoms with Crippen LogP contribution in [0.25, 0.3) is 0 Å². The van der Waals surface area contributed by atoms with Gasteiger partial charge in [0, 0.05) is 26.2 Å². The zero-order valence-corrected chi connectivity index (χ0v) is 11.0. The first kappa shape index (κ1) is 14.1. The van der Waals surface area contributed by atoms with E-state index in [2.05, 4.69) is 10.2 Å². The predicted octanol–water partition coefficient (Wildman–Crippen LogP) is -0.687. The number of β-amino-alcohol motifs (C(OH)–C–C–N with tert-alkyl or cyclic N) is 1. The minimum absolute atomic E-state index is 0.119. The molecule has 0 aromatic carbocycles. The van der Waals surface area contributed by atoms with Gasteiger partial charge in [0.2, 0.25) is 0 Å². The minimum atomic E-state index is -1.02. The van der Waals surface area contributed by atoms with Crippen molar-refractivity contribution >= 4 is 12.0 Å². The smallest absolute Gasteiger partial charge is 0.329 e. The number of aliphatic carboxylic acids is 1. The van der Waals surface area contributed by atoms with Crippen molar-refractivity contribution in [3.8, 4) is 0 Å². The molecule has 2 fully saturated rings. The molecule has 0 aromatic rings. The molecule has 0 spiro atoms. The molecule has 1 aliphatic heterocycles. The maximum Gasteiger partial charge on any atom is 0.329 e. The Balaban J connectivity index is 1.84. The van der Waals surface area contributed by atoms with E-state index in [9.17, 15) is 9.59 Å². The van der Waals surface area contributed by atoms with Crippen LogP contribution in [0, 0.1) is 0 Å². The third-order valence-corrected chi connectivity index (χ3v) is 3.80. The van der Waals surface area contributed by atoms with Crippen molar-refractivity contribution in [1.29, 1.82) is 0 Å². The summed E-state index contributed by atoms with van der Waals surface area (Å²) in [5.74, 6) is -0.947. The van der Waals surface area contributed by atoms with E-state index in [-0.39, 0.29) is 12.6 Å². The van der Waals surface area contributed by atoms with Crippen LogP contribution in [0.1, 0.15) is 19.3 Å². The lowest BCUT2D eigenvalue weighted by molar-refractivity contribution is -0.140. The third kappa shape index (κ3) is 3.36. The lowest BCUT2D eigenvalue weighted by Crippen LogP contribution is -2.50. The Labute approximate surface area is 112 Å². The second-order valence-corrected chi connectivity index (χ2v) is 5.22. The highest BCUT2D eigenvalue weighted by molar-refractivity contribution is 5.88. The summed E-state index contributed by atoms with van der Waals surface area (Å²) in [7, 11) is 0. The number of rotatable bonds is 4. The van der Waals surface area contributed by atoms with Gasteiger partial charge in [-0.1, -0.05) is 0 Å². The van der Waals surface area contributed by atoms with Gasteiger partial charge in [-0.05, 0) is 25.8 Å². The van der Waals surface area contributed by atoms with E-state index in [1.165, 1.54) is 0 Å². The molecule has 1 heterocycles. The van der Waals surface area contributed by atoms with E-state index in [0.29, 0.717) is 39.0 Å². The van der Waals surface area contributed by atoms with Gasteiger partial charge < -0.3 is 20.4 Å².